The topological polar surface area (TPSA) is 77.2 Å². The Morgan fingerprint density at radius 3 is 2.52 bits per heavy atom. The van der Waals surface area contributed by atoms with E-state index in [1.807, 2.05) is 0 Å². The summed E-state index contributed by atoms with van der Waals surface area (Å²) in [7, 11) is 1.58. The molecule has 1 heterocycles. The van der Waals surface area contributed by atoms with Crippen molar-refractivity contribution in [2.45, 2.75) is 58.1 Å². The van der Waals surface area contributed by atoms with Crippen LogP contribution in [-0.2, 0) is 22.7 Å². The number of carbonyl (C=O) groups is 1. The van der Waals surface area contributed by atoms with E-state index in [1.54, 1.807) is 7.11 Å². The van der Waals surface area contributed by atoms with Gasteiger partial charge in [-0.3, -0.25) is 4.79 Å². The molecule has 0 aromatic carbocycles. The first kappa shape index (κ1) is 15.1. The summed E-state index contributed by atoms with van der Waals surface area (Å²) in [6.07, 6.45) is 8.66. The maximum Gasteiger partial charge on any atom is 0.252 e. The number of amides is 1. The Kier molecular flexibility index (Phi) is 3.87. The van der Waals surface area contributed by atoms with E-state index in [4.69, 9.17) is 9.26 Å². The number of hydrogen-bond donors (Lipinski definition) is 1. The predicted octanol–water partition coefficient (Wildman–Crippen LogP) is 2.44. The number of nitrogens with zero attached hydrogens (tertiary/aromatic N) is 2. The summed E-state index contributed by atoms with van der Waals surface area (Å²) in [4.78, 5) is 16.6. The summed E-state index contributed by atoms with van der Waals surface area (Å²) >= 11 is 0. The van der Waals surface area contributed by atoms with Crippen LogP contribution in [0, 0.1) is 23.2 Å². The average Bonchev–Trinajstić information content (AvgIpc) is 2.91. The quantitative estimate of drug-likeness (QED) is 0.871. The lowest BCUT2D eigenvalue weighted by Crippen LogP contribution is -2.48. The van der Waals surface area contributed by atoms with Crippen molar-refractivity contribution < 1.29 is 14.1 Å². The summed E-state index contributed by atoms with van der Waals surface area (Å²) in [6, 6.07) is 0. The highest BCUT2D eigenvalue weighted by atomic mass is 16.5. The fourth-order valence-corrected chi connectivity index (χ4v) is 5.63. The zero-order valence-electron chi connectivity index (χ0n) is 13.7. The highest BCUT2D eigenvalue weighted by Crippen LogP contribution is 2.61. The number of rotatable bonds is 6. The zero-order chi connectivity index (χ0) is 15.9. The van der Waals surface area contributed by atoms with E-state index in [0.717, 1.165) is 17.8 Å². The van der Waals surface area contributed by atoms with Gasteiger partial charge in [-0.1, -0.05) is 5.16 Å². The number of ether oxygens (including phenoxy) is 1. The molecule has 0 atom stereocenters. The highest BCUT2D eigenvalue weighted by molar-refractivity contribution is 5.76. The van der Waals surface area contributed by atoms with Gasteiger partial charge in [-0.15, -0.1) is 0 Å². The third-order valence-corrected chi connectivity index (χ3v) is 5.92. The Bertz CT molecular complexity index is 548. The standard InChI is InChI=1S/C17H25N3O3/c1-22-10-16-19-14(20-23-16)9-18-15(21)8-17-5-11-2-12(6-17)4-13(3-11)7-17/h11-13H,2-10H2,1H3,(H,18,21). The van der Waals surface area contributed by atoms with Crippen LogP contribution in [0.5, 0.6) is 0 Å². The van der Waals surface area contributed by atoms with Gasteiger partial charge in [0.2, 0.25) is 5.91 Å². The molecule has 4 saturated carbocycles. The molecule has 6 nitrogen and oxygen atoms in total. The molecule has 6 heteroatoms. The van der Waals surface area contributed by atoms with Gasteiger partial charge < -0.3 is 14.6 Å². The molecule has 4 aliphatic rings. The molecule has 0 radical (unpaired) electrons. The lowest BCUT2D eigenvalue weighted by molar-refractivity contribution is -0.129. The molecule has 4 bridgehead atoms. The van der Waals surface area contributed by atoms with Gasteiger partial charge in [0.1, 0.15) is 6.61 Å². The van der Waals surface area contributed by atoms with E-state index in [-0.39, 0.29) is 11.3 Å². The van der Waals surface area contributed by atoms with E-state index in [2.05, 4.69) is 15.5 Å². The molecule has 23 heavy (non-hydrogen) atoms. The fraction of sp³-hybridized carbons (Fsp3) is 0.824. The Balaban J connectivity index is 1.31. The van der Waals surface area contributed by atoms with Crippen molar-refractivity contribution >= 4 is 5.91 Å². The molecule has 1 N–H and O–H groups in total. The summed E-state index contributed by atoms with van der Waals surface area (Å²) < 4.78 is 9.98. The molecule has 5 rings (SSSR count). The number of nitrogens with one attached hydrogen (secondary N) is 1. The SMILES string of the molecule is COCc1nc(CNC(=O)CC23CC4CC(CC(C4)C2)C3)no1. The second-order valence-corrected chi connectivity index (χ2v) is 7.91. The second kappa shape index (κ2) is 5.89. The first-order valence-corrected chi connectivity index (χ1v) is 8.71. The van der Waals surface area contributed by atoms with E-state index in [1.165, 1.54) is 38.5 Å². The minimum Gasteiger partial charge on any atom is -0.375 e. The minimum absolute atomic E-state index is 0.130. The zero-order valence-corrected chi connectivity index (χ0v) is 13.7. The molecular weight excluding hydrogens is 294 g/mol. The van der Waals surface area contributed by atoms with Crippen LogP contribution in [0.1, 0.15) is 56.7 Å². The first-order chi connectivity index (χ1) is 11.1. The van der Waals surface area contributed by atoms with Crippen LogP contribution in [0.25, 0.3) is 0 Å². The van der Waals surface area contributed by atoms with Gasteiger partial charge in [-0.05, 0) is 61.7 Å². The molecule has 0 spiro atoms. The molecule has 1 aromatic heterocycles. The van der Waals surface area contributed by atoms with Crippen LogP contribution in [0.2, 0.25) is 0 Å². The van der Waals surface area contributed by atoms with Gasteiger partial charge in [-0.2, -0.15) is 4.98 Å². The number of hydrogen-bond acceptors (Lipinski definition) is 5. The van der Waals surface area contributed by atoms with Gasteiger partial charge in [0.25, 0.3) is 5.89 Å². The molecule has 0 saturated heterocycles. The third kappa shape index (κ3) is 3.13. The molecule has 126 valence electrons. The molecule has 1 aromatic rings. The van der Waals surface area contributed by atoms with Crippen molar-refractivity contribution in [3.05, 3.63) is 11.7 Å². The molecule has 1 amide bonds. The van der Waals surface area contributed by atoms with Crippen molar-refractivity contribution in [2.75, 3.05) is 7.11 Å². The van der Waals surface area contributed by atoms with Gasteiger partial charge in [0.15, 0.2) is 5.82 Å². The molecule has 0 unspecified atom stereocenters. The van der Waals surface area contributed by atoms with Gasteiger partial charge in [0.05, 0.1) is 6.54 Å². The van der Waals surface area contributed by atoms with Crippen molar-refractivity contribution in [1.29, 1.82) is 0 Å². The average molecular weight is 319 g/mol. The summed E-state index contributed by atoms with van der Waals surface area (Å²) in [5, 5.41) is 6.82. The maximum absolute atomic E-state index is 12.4. The van der Waals surface area contributed by atoms with Crippen LogP contribution in [0.4, 0.5) is 0 Å². The second-order valence-electron chi connectivity index (χ2n) is 7.91. The fourth-order valence-electron chi connectivity index (χ4n) is 5.63. The Morgan fingerprint density at radius 1 is 1.26 bits per heavy atom. The summed E-state index contributed by atoms with van der Waals surface area (Å²) in [5.41, 5.74) is 0.275. The monoisotopic (exact) mass is 319 g/mol. The highest BCUT2D eigenvalue weighted by Gasteiger charge is 2.51. The molecule has 0 aliphatic heterocycles. The maximum atomic E-state index is 12.4. The normalized spacial score (nSPS) is 34.7. The van der Waals surface area contributed by atoms with Crippen LogP contribution in [-0.4, -0.2) is 23.2 Å². The lowest BCUT2D eigenvalue weighted by atomic mass is 9.49. The number of carbonyl (C=O) groups excluding carboxylic acids is 1. The molecule has 4 aliphatic carbocycles. The Labute approximate surface area is 136 Å². The lowest BCUT2D eigenvalue weighted by Gasteiger charge is -2.56. The van der Waals surface area contributed by atoms with Crippen LogP contribution < -0.4 is 5.32 Å². The van der Waals surface area contributed by atoms with E-state index >= 15 is 0 Å². The van der Waals surface area contributed by atoms with Crippen LogP contribution in [0.15, 0.2) is 4.52 Å². The Hall–Kier alpha value is -1.43. The van der Waals surface area contributed by atoms with Crippen molar-refractivity contribution in [1.82, 2.24) is 15.5 Å². The van der Waals surface area contributed by atoms with Gasteiger partial charge >= 0.3 is 0 Å². The van der Waals surface area contributed by atoms with Gasteiger partial charge in [0, 0.05) is 13.5 Å². The molecule has 4 fully saturated rings. The van der Waals surface area contributed by atoms with Crippen LogP contribution in [0.3, 0.4) is 0 Å². The van der Waals surface area contributed by atoms with Crippen molar-refractivity contribution in [2.24, 2.45) is 23.2 Å². The largest absolute Gasteiger partial charge is 0.375 e. The van der Waals surface area contributed by atoms with Crippen LogP contribution >= 0.6 is 0 Å². The van der Waals surface area contributed by atoms with Crippen molar-refractivity contribution in [3.63, 3.8) is 0 Å². The molecular formula is C17H25N3O3. The summed E-state index contributed by atoms with van der Waals surface area (Å²) in [5.74, 6) is 3.72. The van der Waals surface area contributed by atoms with Gasteiger partial charge in [-0.25, -0.2) is 0 Å². The van der Waals surface area contributed by atoms with E-state index in [9.17, 15) is 4.79 Å². The third-order valence-electron chi connectivity index (χ3n) is 5.92. The smallest absolute Gasteiger partial charge is 0.252 e. The summed E-state index contributed by atoms with van der Waals surface area (Å²) in [6.45, 7) is 0.632. The minimum atomic E-state index is 0.130. The number of methoxy groups -OCH3 is 1. The van der Waals surface area contributed by atoms with Crippen molar-refractivity contribution in [3.8, 4) is 0 Å². The first-order valence-electron chi connectivity index (χ1n) is 8.71. The predicted molar refractivity (Wildman–Crippen MR) is 82.1 cm³/mol. The Morgan fingerprint density at radius 2 is 1.91 bits per heavy atom. The van der Waals surface area contributed by atoms with E-state index < -0.39 is 0 Å². The number of aromatic nitrogens is 2. The van der Waals surface area contributed by atoms with E-state index in [0.29, 0.717) is 31.3 Å².